The summed E-state index contributed by atoms with van der Waals surface area (Å²) in [4.78, 5) is 26.4. The molecule has 0 unspecified atom stereocenters. The Morgan fingerprint density at radius 1 is 1.20 bits per heavy atom. The van der Waals surface area contributed by atoms with Crippen LogP contribution < -0.4 is 10.2 Å². The number of nitrogens with zero attached hydrogens (tertiary/aromatic N) is 2. The van der Waals surface area contributed by atoms with Crippen LogP contribution in [0.4, 0.5) is 16.2 Å². The number of rotatable bonds is 2. The third kappa shape index (κ3) is 3.40. The minimum atomic E-state index is -0.281. The van der Waals surface area contributed by atoms with E-state index in [1.807, 2.05) is 24.3 Å². The van der Waals surface area contributed by atoms with Gasteiger partial charge in [-0.1, -0.05) is 6.07 Å². The molecule has 0 bridgehead atoms. The van der Waals surface area contributed by atoms with E-state index in [0.717, 1.165) is 24.5 Å². The Hall–Kier alpha value is -2.24. The van der Waals surface area contributed by atoms with E-state index in [4.69, 9.17) is 4.74 Å². The molecule has 0 saturated carbocycles. The second kappa shape index (κ2) is 6.27. The molecule has 108 valence electrons. The summed E-state index contributed by atoms with van der Waals surface area (Å²) in [6.07, 6.45) is -0.281. The van der Waals surface area contributed by atoms with Crippen LogP contribution in [0.25, 0.3) is 0 Å². The number of ether oxygens (including phenoxy) is 1. The van der Waals surface area contributed by atoms with E-state index < -0.39 is 0 Å². The van der Waals surface area contributed by atoms with Crippen molar-refractivity contribution in [3.05, 3.63) is 24.3 Å². The molecule has 1 fully saturated rings. The summed E-state index contributed by atoms with van der Waals surface area (Å²) in [6, 6.07) is 7.71. The Balaban J connectivity index is 2.00. The first-order valence-corrected chi connectivity index (χ1v) is 6.55. The molecule has 0 atom stereocenters. The van der Waals surface area contributed by atoms with Gasteiger partial charge in [0.2, 0.25) is 5.91 Å². The predicted octanol–water partition coefficient (Wildman–Crippen LogP) is 1.53. The molecule has 6 heteroatoms. The maximum atomic E-state index is 11.4. The first-order valence-electron chi connectivity index (χ1n) is 6.55. The highest BCUT2D eigenvalue weighted by molar-refractivity contribution is 5.89. The highest BCUT2D eigenvalue weighted by Crippen LogP contribution is 2.21. The lowest BCUT2D eigenvalue weighted by molar-refractivity contribution is -0.114. The van der Waals surface area contributed by atoms with Crippen molar-refractivity contribution in [3.8, 4) is 0 Å². The molecule has 1 heterocycles. The van der Waals surface area contributed by atoms with Crippen molar-refractivity contribution in [2.45, 2.75) is 6.92 Å². The molecule has 0 aromatic heterocycles. The minimum Gasteiger partial charge on any atom is -0.453 e. The maximum Gasteiger partial charge on any atom is 0.409 e. The van der Waals surface area contributed by atoms with Gasteiger partial charge in [0.05, 0.1) is 7.11 Å². The molecule has 1 N–H and O–H groups in total. The van der Waals surface area contributed by atoms with Crippen LogP contribution in [0, 0.1) is 0 Å². The molecule has 0 spiro atoms. The average Bonchev–Trinajstić information content (AvgIpc) is 2.46. The minimum absolute atomic E-state index is 0.0855. The second-order valence-corrected chi connectivity index (χ2v) is 4.68. The highest BCUT2D eigenvalue weighted by atomic mass is 16.5. The largest absolute Gasteiger partial charge is 0.453 e. The Labute approximate surface area is 118 Å². The van der Waals surface area contributed by atoms with Crippen molar-refractivity contribution < 1.29 is 14.3 Å². The fourth-order valence-electron chi connectivity index (χ4n) is 2.26. The summed E-state index contributed by atoms with van der Waals surface area (Å²) in [5, 5.41) is 2.77. The van der Waals surface area contributed by atoms with Crippen LogP contribution in [0.1, 0.15) is 6.92 Å². The molecule has 20 heavy (non-hydrogen) atoms. The summed E-state index contributed by atoms with van der Waals surface area (Å²) >= 11 is 0. The molecule has 2 amide bonds. The number of hydrogen-bond donors (Lipinski definition) is 1. The van der Waals surface area contributed by atoms with Crippen LogP contribution in [0.15, 0.2) is 24.3 Å². The van der Waals surface area contributed by atoms with Gasteiger partial charge in [-0.3, -0.25) is 4.79 Å². The molecule has 2 rings (SSSR count). The Morgan fingerprint density at radius 2 is 1.90 bits per heavy atom. The zero-order valence-electron chi connectivity index (χ0n) is 11.8. The van der Waals surface area contributed by atoms with Crippen molar-refractivity contribution in [1.82, 2.24) is 4.90 Å². The van der Waals surface area contributed by atoms with E-state index in [1.54, 1.807) is 4.90 Å². The number of hydrogen-bond acceptors (Lipinski definition) is 4. The fourth-order valence-corrected chi connectivity index (χ4v) is 2.26. The van der Waals surface area contributed by atoms with E-state index >= 15 is 0 Å². The average molecular weight is 277 g/mol. The number of piperazine rings is 1. The topological polar surface area (TPSA) is 61.9 Å². The molecule has 1 saturated heterocycles. The standard InChI is InChI=1S/C14H19N3O3/c1-11(18)15-12-4-3-5-13(10-12)16-6-8-17(9-7-16)14(19)20-2/h3-5,10H,6-9H2,1-2H3,(H,15,18). The first kappa shape index (κ1) is 14.2. The number of anilines is 2. The van der Waals surface area contributed by atoms with E-state index in [0.29, 0.717) is 13.1 Å². The summed E-state index contributed by atoms with van der Waals surface area (Å²) < 4.78 is 4.71. The Bertz CT molecular complexity index is 496. The number of amides is 2. The highest BCUT2D eigenvalue weighted by Gasteiger charge is 2.21. The molecule has 6 nitrogen and oxygen atoms in total. The van der Waals surface area contributed by atoms with E-state index in [-0.39, 0.29) is 12.0 Å². The van der Waals surface area contributed by atoms with Gasteiger partial charge in [-0.2, -0.15) is 0 Å². The second-order valence-electron chi connectivity index (χ2n) is 4.68. The van der Waals surface area contributed by atoms with Gasteiger partial charge in [0.25, 0.3) is 0 Å². The van der Waals surface area contributed by atoms with Crippen LogP contribution in [0.3, 0.4) is 0 Å². The molecule has 1 aliphatic heterocycles. The lowest BCUT2D eigenvalue weighted by Crippen LogP contribution is -2.48. The maximum absolute atomic E-state index is 11.4. The first-order chi connectivity index (χ1) is 9.60. The Kier molecular flexibility index (Phi) is 4.45. The van der Waals surface area contributed by atoms with Crippen molar-refractivity contribution >= 4 is 23.4 Å². The van der Waals surface area contributed by atoms with Gasteiger partial charge in [-0.05, 0) is 18.2 Å². The van der Waals surface area contributed by atoms with Gasteiger partial charge in [0, 0.05) is 44.5 Å². The van der Waals surface area contributed by atoms with Gasteiger partial charge in [-0.15, -0.1) is 0 Å². The van der Waals surface area contributed by atoms with Gasteiger partial charge in [-0.25, -0.2) is 4.79 Å². The zero-order chi connectivity index (χ0) is 14.5. The summed E-state index contributed by atoms with van der Waals surface area (Å²) in [6.45, 7) is 4.26. The summed E-state index contributed by atoms with van der Waals surface area (Å²) in [5.74, 6) is -0.0855. The SMILES string of the molecule is COC(=O)N1CCN(c2cccc(NC(C)=O)c2)CC1. The molecular formula is C14H19N3O3. The fraction of sp³-hybridized carbons (Fsp3) is 0.429. The van der Waals surface area contributed by atoms with Crippen LogP contribution >= 0.6 is 0 Å². The molecule has 1 aromatic carbocycles. The lowest BCUT2D eigenvalue weighted by Gasteiger charge is -2.35. The number of carbonyl (C=O) groups excluding carboxylic acids is 2. The monoisotopic (exact) mass is 277 g/mol. The number of benzene rings is 1. The lowest BCUT2D eigenvalue weighted by atomic mass is 10.2. The normalized spacial score (nSPS) is 14.9. The smallest absolute Gasteiger partial charge is 0.409 e. The van der Waals surface area contributed by atoms with E-state index in [2.05, 4.69) is 10.2 Å². The van der Waals surface area contributed by atoms with Gasteiger partial charge in [0.15, 0.2) is 0 Å². The van der Waals surface area contributed by atoms with Crippen LogP contribution in [0.5, 0.6) is 0 Å². The van der Waals surface area contributed by atoms with Crippen LogP contribution in [-0.2, 0) is 9.53 Å². The zero-order valence-corrected chi connectivity index (χ0v) is 11.8. The quantitative estimate of drug-likeness (QED) is 0.890. The molecule has 1 aromatic rings. The molecule has 0 aliphatic carbocycles. The van der Waals surface area contributed by atoms with Gasteiger partial charge >= 0.3 is 6.09 Å². The molecular weight excluding hydrogens is 258 g/mol. The predicted molar refractivity (Wildman–Crippen MR) is 76.9 cm³/mol. The summed E-state index contributed by atoms with van der Waals surface area (Å²) in [7, 11) is 1.39. The number of methoxy groups -OCH3 is 1. The summed E-state index contributed by atoms with van der Waals surface area (Å²) in [5.41, 5.74) is 1.83. The van der Waals surface area contributed by atoms with Crippen LogP contribution in [-0.4, -0.2) is 50.2 Å². The van der Waals surface area contributed by atoms with Gasteiger partial charge < -0.3 is 19.9 Å². The van der Waals surface area contributed by atoms with Crippen molar-refractivity contribution in [2.24, 2.45) is 0 Å². The van der Waals surface area contributed by atoms with Crippen LogP contribution in [0.2, 0.25) is 0 Å². The number of nitrogens with one attached hydrogen (secondary N) is 1. The Morgan fingerprint density at radius 3 is 2.50 bits per heavy atom. The van der Waals surface area contributed by atoms with E-state index in [9.17, 15) is 9.59 Å². The third-order valence-electron chi connectivity index (χ3n) is 3.24. The van der Waals surface area contributed by atoms with Crippen molar-refractivity contribution in [2.75, 3.05) is 43.5 Å². The molecule has 0 radical (unpaired) electrons. The van der Waals surface area contributed by atoms with Crippen molar-refractivity contribution in [3.63, 3.8) is 0 Å². The van der Waals surface area contributed by atoms with Gasteiger partial charge in [0.1, 0.15) is 0 Å². The third-order valence-corrected chi connectivity index (χ3v) is 3.24. The van der Waals surface area contributed by atoms with Crippen molar-refractivity contribution in [1.29, 1.82) is 0 Å². The molecule has 1 aliphatic rings. The van der Waals surface area contributed by atoms with E-state index in [1.165, 1.54) is 14.0 Å². The number of carbonyl (C=O) groups is 2.